The van der Waals surface area contributed by atoms with Crippen LogP contribution in [0.25, 0.3) is 11.5 Å². The zero-order valence-electron chi connectivity index (χ0n) is 17.2. The number of benzene rings is 2. The maximum absolute atomic E-state index is 6.07. The second-order valence-corrected chi connectivity index (χ2v) is 8.37. The molecule has 8 heteroatoms. The van der Waals surface area contributed by atoms with E-state index >= 15 is 0 Å². The number of nitrogens with zero attached hydrogens (tertiary/aromatic N) is 3. The zero-order valence-corrected chi connectivity index (χ0v) is 18.8. The predicted octanol–water partition coefficient (Wildman–Crippen LogP) is 5.03. The van der Waals surface area contributed by atoms with E-state index in [1.807, 2.05) is 48.5 Å². The van der Waals surface area contributed by atoms with Gasteiger partial charge in [0.2, 0.25) is 11.8 Å². The molecule has 0 spiro atoms. The summed E-state index contributed by atoms with van der Waals surface area (Å²) in [5, 5.41) is 8.89. The van der Waals surface area contributed by atoms with Crippen molar-refractivity contribution in [2.24, 2.45) is 0 Å². The van der Waals surface area contributed by atoms with E-state index in [1.165, 1.54) is 0 Å². The molecule has 0 saturated heterocycles. The van der Waals surface area contributed by atoms with Gasteiger partial charge in [-0.1, -0.05) is 23.7 Å². The number of aromatic nitrogens is 2. The molecule has 0 amide bonds. The van der Waals surface area contributed by atoms with Gasteiger partial charge in [-0.15, -0.1) is 22.0 Å². The Morgan fingerprint density at radius 1 is 1.00 bits per heavy atom. The smallest absolute Gasteiger partial charge is 0.247 e. The first kappa shape index (κ1) is 22.5. The fraction of sp³-hybridized carbons (Fsp3) is 0.364. The number of halogens is 1. The van der Waals surface area contributed by atoms with Gasteiger partial charge >= 0.3 is 0 Å². The highest BCUT2D eigenvalue weighted by Gasteiger charge is 2.09. The van der Waals surface area contributed by atoms with Crippen LogP contribution in [0.4, 0.5) is 0 Å². The van der Waals surface area contributed by atoms with E-state index in [4.69, 9.17) is 25.5 Å². The van der Waals surface area contributed by atoms with Gasteiger partial charge < -0.3 is 18.8 Å². The maximum Gasteiger partial charge on any atom is 0.247 e. The molecule has 30 heavy (non-hydrogen) atoms. The van der Waals surface area contributed by atoms with Crippen molar-refractivity contribution in [3.05, 3.63) is 59.4 Å². The van der Waals surface area contributed by atoms with Crippen molar-refractivity contribution in [2.45, 2.75) is 12.2 Å². The Morgan fingerprint density at radius 3 is 2.57 bits per heavy atom. The van der Waals surface area contributed by atoms with E-state index in [2.05, 4.69) is 29.2 Å². The van der Waals surface area contributed by atoms with Crippen LogP contribution in [0.5, 0.6) is 11.5 Å². The zero-order chi connectivity index (χ0) is 21.2. The second-order valence-electron chi connectivity index (χ2n) is 6.86. The van der Waals surface area contributed by atoms with Crippen molar-refractivity contribution in [3.8, 4) is 23.0 Å². The average Bonchev–Trinajstić information content (AvgIpc) is 3.21. The molecule has 2 aromatic carbocycles. The van der Waals surface area contributed by atoms with Gasteiger partial charge in [0.1, 0.15) is 11.5 Å². The highest BCUT2D eigenvalue weighted by molar-refractivity contribution is 7.98. The van der Waals surface area contributed by atoms with Crippen LogP contribution in [0.15, 0.2) is 52.9 Å². The van der Waals surface area contributed by atoms with Crippen LogP contribution >= 0.6 is 23.4 Å². The molecule has 3 rings (SSSR count). The summed E-state index contributed by atoms with van der Waals surface area (Å²) in [6.07, 6.45) is 0.989. The SMILES string of the molecule is CN(C)CCCOc1ccc(-c2nnc(CSCCOc3ccccc3Cl)o2)cc1. The lowest BCUT2D eigenvalue weighted by Crippen LogP contribution is -2.15. The standard InChI is InChI=1S/C22H26ClN3O3S/c1-26(2)12-5-13-27-18-10-8-17(9-11-18)22-25-24-21(29-22)16-30-15-14-28-20-7-4-3-6-19(20)23/h3-4,6-11H,5,12-16H2,1-2H3. The molecule has 6 nitrogen and oxygen atoms in total. The van der Waals surface area contributed by atoms with E-state index in [0.29, 0.717) is 41.5 Å². The van der Waals surface area contributed by atoms with Gasteiger partial charge in [-0.3, -0.25) is 0 Å². The second kappa shape index (κ2) is 11.8. The minimum absolute atomic E-state index is 0.511. The van der Waals surface area contributed by atoms with Crippen molar-refractivity contribution in [1.82, 2.24) is 15.1 Å². The van der Waals surface area contributed by atoms with Gasteiger partial charge in [-0.05, 0) is 56.9 Å². The Balaban J connectivity index is 1.39. The number of hydrogen-bond acceptors (Lipinski definition) is 7. The third-order valence-electron chi connectivity index (χ3n) is 4.13. The van der Waals surface area contributed by atoms with Gasteiger partial charge in [0.25, 0.3) is 0 Å². The third-order valence-corrected chi connectivity index (χ3v) is 5.35. The summed E-state index contributed by atoms with van der Waals surface area (Å²) in [6, 6.07) is 15.2. The molecular formula is C22H26ClN3O3S. The molecule has 3 aromatic rings. The highest BCUT2D eigenvalue weighted by atomic mass is 35.5. The number of hydrogen-bond donors (Lipinski definition) is 0. The summed E-state index contributed by atoms with van der Waals surface area (Å²) < 4.78 is 17.2. The van der Waals surface area contributed by atoms with E-state index in [1.54, 1.807) is 11.8 Å². The molecule has 0 aliphatic carbocycles. The van der Waals surface area contributed by atoms with Gasteiger partial charge in [0.05, 0.1) is 24.0 Å². The van der Waals surface area contributed by atoms with Gasteiger partial charge in [0, 0.05) is 17.9 Å². The summed E-state index contributed by atoms with van der Waals surface area (Å²) in [5.74, 6) is 4.07. The van der Waals surface area contributed by atoms with Crippen molar-refractivity contribution in [1.29, 1.82) is 0 Å². The third kappa shape index (κ3) is 7.23. The molecule has 1 aromatic heterocycles. The first-order valence-electron chi connectivity index (χ1n) is 9.77. The van der Waals surface area contributed by atoms with Crippen LogP contribution in [0.1, 0.15) is 12.3 Å². The highest BCUT2D eigenvalue weighted by Crippen LogP contribution is 2.24. The van der Waals surface area contributed by atoms with Crippen molar-refractivity contribution in [3.63, 3.8) is 0 Å². The first-order chi connectivity index (χ1) is 14.6. The first-order valence-corrected chi connectivity index (χ1v) is 11.3. The molecule has 0 bridgehead atoms. The van der Waals surface area contributed by atoms with Crippen molar-refractivity contribution < 1.29 is 13.9 Å². The minimum Gasteiger partial charge on any atom is -0.494 e. The Hall–Kier alpha value is -2.22. The van der Waals surface area contributed by atoms with Gasteiger partial charge in [0.15, 0.2) is 0 Å². The molecule has 0 aliphatic rings. The van der Waals surface area contributed by atoms with Crippen LogP contribution < -0.4 is 9.47 Å². The van der Waals surface area contributed by atoms with Crippen molar-refractivity contribution >= 4 is 23.4 Å². The number of thioether (sulfide) groups is 1. The van der Waals surface area contributed by atoms with Crippen LogP contribution in [-0.4, -0.2) is 54.7 Å². The largest absolute Gasteiger partial charge is 0.494 e. The Kier molecular flexibility index (Phi) is 8.86. The Bertz CT molecular complexity index is 903. The molecule has 160 valence electrons. The van der Waals surface area contributed by atoms with Gasteiger partial charge in [-0.25, -0.2) is 0 Å². The normalized spacial score (nSPS) is 11.1. The molecule has 0 unspecified atom stereocenters. The van der Waals surface area contributed by atoms with Crippen LogP contribution in [0, 0.1) is 0 Å². The average molecular weight is 448 g/mol. The molecule has 0 fully saturated rings. The molecule has 0 saturated carbocycles. The van der Waals surface area contributed by atoms with E-state index in [-0.39, 0.29) is 0 Å². The molecule has 1 heterocycles. The molecule has 0 atom stereocenters. The lowest BCUT2D eigenvalue weighted by Gasteiger charge is -2.10. The monoisotopic (exact) mass is 447 g/mol. The molecule has 0 N–H and O–H groups in total. The molecule has 0 aliphatic heterocycles. The van der Waals surface area contributed by atoms with E-state index < -0.39 is 0 Å². The minimum atomic E-state index is 0.511. The lowest BCUT2D eigenvalue weighted by molar-refractivity contribution is 0.281. The maximum atomic E-state index is 6.07. The lowest BCUT2D eigenvalue weighted by atomic mass is 10.2. The number of para-hydroxylation sites is 1. The fourth-order valence-corrected chi connectivity index (χ4v) is 3.45. The summed E-state index contributed by atoms with van der Waals surface area (Å²) in [5.41, 5.74) is 0.876. The summed E-state index contributed by atoms with van der Waals surface area (Å²) in [7, 11) is 4.11. The Morgan fingerprint density at radius 2 is 1.80 bits per heavy atom. The number of ether oxygens (including phenoxy) is 2. The summed E-state index contributed by atoms with van der Waals surface area (Å²) >= 11 is 7.74. The van der Waals surface area contributed by atoms with Crippen LogP contribution in [0.2, 0.25) is 5.02 Å². The topological polar surface area (TPSA) is 60.6 Å². The van der Waals surface area contributed by atoms with E-state index in [0.717, 1.165) is 30.0 Å². The quantitative estimate of drug-likeness (QED) is 0.361. The fourth-order valence-electron chi connectivity index (χ4n) is 2.62. The van der Waals surface area contributed by atoms with E-state index in [9.17, 15) is 0 Å². The van der Waals surface area contributed by atoms with Crippen LogP contribution in [0.3, 0.4) is 0 Å². The summed E-state index contributed by atoms with van der Waals surface area (Å²) in [6.45, 7) is 2.26. The van der Waals surface area contributed by atoms with Crippen molar-refractivity contribution in [2.75, 3.05) is 39.6 Å². The Labute approximate surface area is 186 Å². The predicted molar refractivity (Wildman–Crippen MR) is 122 cm³/mol. The van der Waals surface area contributed by atoms with Crippen LogP contribution in [-0.2, 0) is 5.75 Å². The van der Waals surface area contributed by atoms with Gasteiger partial charge in [-0.2, -0.15) is 0 Å². The molecule has 0 radical (unpaired) electrons. The number of rotatable bonds is 12. The molecular weight excluding hydrogens is 422 g/mol. The summed E-state index contributed by atoms with van der Waals surface area (Å²) in [4.78, 5) is 2.14.